The van der Waals surface area contributed by atoms with E-state index in [9.17, 15) is 9.18 Å². The number of nitrogens with two attached hydrogens (primary N) is 1. The van der Waals surface area contributed by atoms with Gasteiger partial charge in [0, 0.05) is 17.7 Å². The number of carbonyl (C=O) groups is 1. The highest BCUT2D eigenvalue weighted by Crippen LogP contribution is 2.24. The molecule has 3 N–H and O–H groups in total. The summed E-state index contributed by atoms with van der Waals surface area (Å²) in [5, 5.41) is 2.79. The van der Waals surface area contributed by atoms with Crippen LogP contribution in [0.3, 0.4) is 0 Å². The van der Waals surface area contributed by atoms with E-state index < -0.39 is 0 Å². The molecule has 22 heavy (non-hydrogen) atoms. The third kappa shape index (κ3) is 3.06. The van der Waals surface area contributed by atoms with Crippen LogP contribution in [0.5, 0.6) is 0 Å². The number of halogens is 1. The molecular formula is C16H14FN3O2. The number of amidine groups is 1. The molecule has 3 rings (SSSR count). The van der Waals surface area contributed by atoms with Crippen LogP contribution in [0, 0.1) is 5.82 Å². The van der Waals surface area contributed by atoms with Crippen molar-refractivity contribution >= 4 is 17.6 Å². The van der Waals surface area contributed by atoms with Crippen molar-refractivity contribution in [1.29, 1.82) is 0 Å². The third-order valence-corrected chi connectivity index (χ3v) is 3.31. The van der Waals surface area contributed by atoms with Gasteiger partial charge in [-0.05, 0) is 42.0 Å². The Labute approximate surface area is 126 Å². The van der Waals surface area contributed by atoms with E-state index in [4.69, 9.17) is 10.5 Å². The van der Waals surface area contributed by atoms with E-state index in [1.807, 2.05) is 18.2 Å². The summed E-state index contributed by atoms with van der Waals surface area (Å²) in [5.74, 6) is -0.623. The van der Waals surface area contributed by atoms with Crippen LogP contribution in [0.2, 0.25) is 0 Å². The Hall–Kier alpha value is -2.89. The zero-order valence-electron chi connectivity index (χ0n) is 11.7. The second-order valence-corrected chi connectivity index (χ2v) is 4.89. The Bertz CT molecular complexity index is 742. The largest absolute Gasteiger partial charge is 0.460 e. The molecule has 6 heteroatoms. The monoisotopic (exact) mass is 299 g/mol. The summed E-state index contributed by atoms with van der Waals surface area (Å²) < 4.78 is 18.0. The minimum absolute atomic E-state index is 0.157. The number of aliphatic imine (C=N–C) groups is 1. The van der Waals surface area contributed by atoms with Crippen molar-refractivity contribution in [1.82, 2.24) is 5.32 Å². The van der Waals surface area contributed by atoms with Crippen molar-refractivity contribution in [3.8, 4) is 0 Å². The van der Waals surface area contributed by atoms with Crippen LogP contribution in [0.4, 0.5) is 10.1 Å². The van der Waals surface area contributed by atoms with Gasteiger partial charge < -0.3 is 15.8 Å². The Kier molecular flexibility index (Phi) is 3.74. The number of fused-ring (bicyclic) bond motifs is 1. The molecule has 0 radical (unpaired) electrons. The lowest BCUT2D eigenvalue weighted by Crippen LogP contribution is -2.23. The van der Waals surface area contributed by atoms with Crippen molar-refractivity contribution in [2.24, 2.45) is 10.7 Å². The number of hydrogen-bond acceptors (Lipinski definition) is 4. The fraction of sp³-hybridized carbons (Fsp3) is 0.125. The van der Waals surface area contributed by atoms with Gasteiger partial charge in [-0.15, -0.1) is 0 Å². The fourth-order valence-electron chi connectivity index (χ4n) is 2.16. The molecule has 2 aromatic rings. The molecule has 0 unspecified atom stereocenters. The minimum atomic E-state index is -0.369. The van der Waals surface area contributed by atoms with Crippen LogP contribution in [0.1, 0.15) is 21.5 Å². The number of benzene rings is 2. The SMILES string of the molecule is NC1=Nc2ccc(CNC(=O)c3ccc(F)cc3)cc2CO1. The summed E-state index contributed by atoms with van der Waals surface area (Å²) in [6.45, 7) is 0.729. The van der Waals surface area contributed by atoms with Gasteiger partial charge in [0.2, 0.25) is 0 Å². The van der Waals surface area contributed by atoms with E-state index in [0.29, 0.717) is 18.7 Å². The maximum atomic E-state index is 12.8. The number of amides is 1. The van der Waals surface area contributed by atoms with Crippen molar-refractivity contribution in [2.45, 2.75) is 13.2 Å². The lowest BCUT2D eigenvalue weighted by Gasteiger charge is -2.15. The van der Waals surface area contributed by atoms with Gasteiger partial charge >= 0.3 is 0 Å². The summed E-state index contributed by atoms with van der Waals surface area (Å²) in [5.41, 5.74) is 8.54. The molecular weight excluding hydrogens is 285 g/mol. The predicted octanol–water partition coefficient (Wildman–Crippen LogP) is 2.23. The molecule has 0 aromatic heterocycles. The molecule has 0 atom stereocenters. The van der Waals surface area contributed by atoms with Crippen LogP contribution >= 0.6 is 0 Å². The number of nitrogens with zero attached hydrogens (tertiary/aromatic N) is 1. The first kappa shape index (κ1) is 14.1. The van der Waals surface area contributed by atoms with Gasteiger partial charge in [-0.3, -0.25) is 4.79 Å². The molecule has 1 aliphatic rings. The molecule has 0 fully saturated rings. The Morgan fingerprint density at radius 2 is 2.05 bits per heavy atom. The Morgan fingerprint density at radius 1 is 1.27 bits per heavy atom. The number of nitrogens with one attached hydrogen (secondary N) is 1. The number of ether oxygens (including phenoxy) is 1. The second kappa shape index (κ2) is 5.85. The molecule has 1 amide bonds. The molecule has 0 spiro atoms. The summed E-state index contributed by atoms with van der Waals surface area (Å²) >= 11 is 0. The van der Waals surface area contributed by atoms with Crippen molar-refractivity contribution in [3.05, 3.63) is 65.0 Å². The predicted molar refractivity (Wildman–Crippen MR) is 80.1 cm³/mol. The topological polar surface area (TPSA) is 76.7 Å². The molecule has 0 saturated heterocycles. The summed E-state index contributed by atoms with van der Waals surface area (Å²) in [7, 11) is 0. The quantitative estimate of drug-likeness (QED) is 0.912. The highest BCUT2D eigenvalue weighted by molar-refractivity contribution is 5.94. The van der Waals surface area contributed by atoms with Crippen molar-refractivity contribution < 1.29 is 13.9 Å². The van der Waals surface area contributed by atoms with Gasteiger partial charge in [-0.2, -0.15) is 4.99 Å². The zero-order chi connectivity index (χ0) is 15.5. The summed E-state index contributed by atoms with van der Waals surface area (Å²) in [6, 6.07) is 11.2. The van der Waals surface area contributed by atoms with Crippen LogP contribution in [-0.4, -0.2) is 11.9 Å². The number of carbonyl (C=O) groups excluding carboxylic acids is 1. The fourth-order valence-corrected chi connectivity index (χ4v) is 2.16. The summed E-state index contributed by atoms with van der Waals surface area (Å²) in [4.78, 5) is 16.1. The first-order valence-corrected chi connectivity index (χ1v) is 6.74. The lowest BCUT2D eigenvalue weighted by atomic mass is 10.1. The molecule has 112 valence electrons. The van der Waals surface area contributed by atoms with Crippen LogP contribution in [-0.2, 0) is 17.9 Å². The number of rotatable bonds is 3. The van der Waals surface area contributed by atoms with E-state index in [1.54, 1.807) is 0 Å². The van der Waals surface area contributed by atoms with E-state index in [0.717, 1.165) is 16.8 Å². The average Bonchev–Trinajstić information content (AvgIpc) is 2.53. The highest BCUT2D eigenvalue weighted by Gasteiger charge is 2.12. The zero-order valence-corrected chi connectivity index (χ0v) is 11.7. The molecule has 2 aromatic carbocycles. The highest BCUT2D eigenvalue weighted by atomic mass is 19.1. The smallest absolute Gasteiger partial charge is 0.287 e. The number of hydrogen-bond donors (Lipinski definition) is 2. The Balaban J connectivity index is 1.67. The molecule has 1 heterocycles. The van der Waals surface area contributed by atoms with Crippen molar-refractivity contribution in [2.75, 3.05) is 0 Å². The van der Waals surface area contributed by atoms with Gasteiger partial charge in [-0.25, -0.2) is 4.39 Å². The van der Waals surface area contributed by atoms with E-state index in [2.05, 4.69) is 10.3 Å². The molecule has 0 aliphatic carbocycles. The van der Waals surface area contributed by atoms with Gasteiger partial charge in [-0.1, -0.05) is 6.07 Å². The Morgan fingerprint density at radius 3 is 2.82 bits per heavy atom. The third-order valence-electron chi connectivity index (χ3n) is 3.31. The first-order chi connectivity index (χ1) is 10.6. The van der Waals surface area contributed by atoms with Crippen molar-refractivity contribution in [3.63, 3.8) is 0 Å². The van der Waals surface area contributed by atoms with Crippen LogP contribution < -0.4 is 11.1 Å². The normalized spacial score (nSPS) is 12.9. The van der Waals surface area contributed by atoms with Crippen LogP contribution in [0.15, 0.2) is 47.5 Å². The van der Waals surface area contributed by atoms with Gasteiger partial charge in [0.05, 0.1) is 5.69 Å². The maximum absolute atomic E-state index is 12.8. The molecule has 1 aliphatic heterocycles. The minimum Gasteiger partial charge on any atom is -0.460 e. The maximum Gasteiger partial charge on any atom is 0.287 e. The van der Waals surface area contributed by atoms with E-state index in [-0.39, 0.29) is 17.7 Å². The van der Waals surface area contributed by atoms with Gasteiger partial charge in [0.15, 0.2) is 0 Å². The molecule has 0 bridgehead atoms. The van der Waals surface area contributed by atoms with Gasteiger partial charge in [0.25, 0.3) is 11.9 Å². The van der Waals surface area contributed by atoms with E-state index in [1.165, 1.54) is 24.3 Å². The van der Waals surface area contributed by atoms with E-state index >= 15 is 0 Å². The standard InChI is InChI=1S/C16H14FN3O2/c17-13-4-2-11(3-5-13)15(21)19-8-10-1-6-14-12(7-10)9-22-16(18)20-14/h1-7H,8-9H2,(H2,18,20)(H,19,21). The molecule has 5 nitrogen and oxygen atoms in total. The van der Waals surface area contributed by atoms with Crippen LogP contribution in [0.25, 0.3) is 0 Å². The lowest BCUT2D eigenvalue weighted by molar-refractivity contribution is 0.0951. The first-order valence-electron chi connectivity index (χ1n) is 6.74. The second-order valence-electron chi connectivity index (χ2n) is 4.89. The summed E-state index contributed by atoms with van der Waals surface area (Å²) in [6.07, 6.45) is 0. The average molecular weight is 299 g/mol. The van der Waals surface area contributed by atoms with Gasteiger partial charge in [0.1, 0.15) is 12.4 Å². The molecule has 0 saturated carbocycles.